The number of hydrogen-bond acceptors (Lipinski definition) is 1. The maximum absolute atomic E-state index is 10.7. The third-order valence-electron chi connectivity index (χ3n) is 1.10. The second-order valence-electron chi connectivity index (χ2n) is 1.97. The molecule has 2 radical (unpaired) electrons. The molecule has 1 aliphatic rings. The zero-order valence-corrected chi connectivity index (χ0v) is 5.43. The fourth-order valence-corrected chi connectivity index (χ4v) is 0.547. The first kappa shape index (κ1) is 6.08. The Hall–Kier alpha value is -1.05. The highest BCUT2D eigenvalue weighted by atomic mass is 16.1. The van der Waals surface area contributed by atoms with E-state index in [2.05, 4.69) is 11.4 Å². The SMILES string of the molecule is CC1=[C]C=C(C)C(=O)[N]1. The minimum atomic E-state index is -0.147. The van der Waals surface area contributed by atoms with Gasteiger partial charge >= 0.3 is 0 Å². The van der Waals surface area contributed by atoms with E-state index in [0.29, 0.717) is 11.3 Å². The van der Waals surface area contributed by atoms with Gasteiger partial charge in [-0.15, -0.1) is 0 Å². The van der Waals surface area contributed by atoms with Crippen LogP contribution in [0.3, 0.4) is 0 Å². The number of amides is 1. The zero-order chi connectivity index (χ0) is 6.85. The molecule has 0 aromatic heterocycles. The average Bonchev–Trinajstić information content (AvgIpc) is 1.80. The molecule has 1 amide bonds. The zero-order valence-electron chi connectivity index (χ0n) is 5.43. The molecule has 1 aliphatic heterocycles. The van der Waals surface area contributed by atoms with Gasteiger partial charge < -0.3 is 0 Å². The van der Waals surface area contributed by atoms with Gasteiger partial charge in [-0.3, -0.25) is 4.79 Å². The van der Waals surface area contributed by atoms with E-state index < -0.39 is 0 Å². The Kier molecular flexibility index (Phi) is 1.39. The maximum Gasteiger partial charge on any atom is 0.272 e. The molecule has 1 heterocycles. The van der Waals surface area contributed by atoms with E-state index in [1.54, 1.807) is 19.9 Å². The van der Waals surface area contributed by atoms with Gasteiger partial charge in [-0.25, -0.2) is 5.32 Å². The van der Waals surface area contributed by atoms with E-state index >= 15 is 0 Å². The number of carbonyl (C=O) groups excluding carboxylic acids is 1. The van der Waals surface area contributed by atoms with Crippen LogP contribution >= 0.6 is 0 Å². The minimum Gasteiger partial charge on any atom is -0.267 e. The van der Waals surface area contributed by atoms with Crippen molar-refractivity contribution >= 4 is 5.91 Å². The van der Waals surface area contributed by atoms with Crippen molar-refractivity contribution in [3.8, 4) is 0 Å². The Morgan fingerprint density at radius 2 is 2.22 bits per heavy atom. The molecule has 0 aliphatic carbocycles. The van der Waals surface area contributed by atoms with E-state index in [1.807, 2.05) is 0 Å². The van der Waals surface area contributed by atoms with E-state index in [0.717, 1.165) is 0 Å². The molecular formula is C7H7NO. The van der Waals surface area contributed by atoms with Crippen LogP contribution < -0.4 is 5.32 Å². The Labute approximate surface area is 54.3 Å². The largest absolute Gasteiger partial charge is 0.272 e. The summed E-state index contributed by atoms with van der Waals surface area (Å²) in [7, 11) is 0. The van der Waals surface area contributed by atoms with Gasteiger partial charge in [-0.1, -0.05) is 0 Å². The van der Waals surface area contributed by atoms with Crippen LogP contribution in [0.2, 0.25) is 0 Å². The molecule has 0 fully saturated rings. The Morgan fingerprint density at radius 1 is 1.56 bits per heavy atom. The van der Waals surface area contributed by atoms with Crippen molar-refractivity contribution in [2.45, 2.75) is 13.8 Å². The van der Waals surface area contributed by atoms with E-state index in [-0.39, 0.29) is 5.91 Å². The van der Waals surface area contributed by atoms with Crippen molar-refractivity contribution in [1.29, 1.82) is 0 Å². The monoisotopic (exact) mass is 121 g/mol. The van der Waals surface area contributed by atoms with Crippen LogP contribution in [0.1, 0.15) is 13.8 Å². The van der Waals surface area contributed by atoms with E-state index in [1.165, 1.54) is 0 Å². The summed E-state index contributed by atoms with van der Waals surface area (Å²) < 4.78 is 0. The summed E-state index contributed by atoms with van der Waals surface area (Å²) in [6.07, 6.45) is 4.49. The topological polar surface area (TPSA) is 31.2 Å². The van der Waals surface area contributed by atoms with Gasteiger partial charge in [0, 0.05) is 17.3 Å². The van der Waals surface area contributed by atoms with Crippen molar-refractivity contribution in [2.24, 2.45) is 0 Å². The molecule has 0 spiro atoms. The minimum absolute atomic E-state index is 0.147. The highest BCUT2D eigenvalue weighted by molar-refractivity contribution is 5.94. The van der Waals surface area contributed by atoms with Crippen LogP contribution in [-0.4, -0.2) is 5.91 Å². The second kappa shape index (κ2) is 2.05. The lowest BCUT2D eigenvalue weighted by molar-refractivity contribution is -0.117. The summed E-state index contributed by atoms with van der Waals surface area (Å²) in [5.41, 5.74) is 1.31. The first-order chi connectivity index (χ1) is 4.20. The molecule has 1 rings (SSSR count). The van der Waals surface area contributed by atoms with Gasteiger partial charge in [0.25, 0.3) is 5.91 Å². The highest BCUT2D eigenvalue weighted by Gasteiger charge is 2.09. The van der Waals surface area contributed by atoms with Crippen LogP contribution in [-0.2, 0) is 4.79 Å². The summed E-state index contributed by atoms with van der Waals surface area (Å²) >= 11 is 0. The van der Waals surface area contributed by atoms with Gasteiger partial charge in [-0.2, -0.15) is 0 Å². The van der Waals surface area contributed by atoms with Crippen molar-refractivity contribution < 1.29 is 4.79 Å². The summed E-state index contributed by atoms with van der Waals surface area (Å²) in [5.74, 6) is -0.147. The Morgan fingerprint density at radius 3 is 2.67 bits per heavy atom. The molecule has 46 valence electrons. The lowest BCUT2D eigenvalue weighted by Gasteiger charge is -2.04. The predicted molar refractivity (Wildman–Crippen MR) is 33.3 cm³/mol. The molecule has 0 aromatic rings. The molecular weight excluding hydrogens is 114 g/mol. The summed E-state index contributed by atoms with van der Waals surface area (Å²) in [4.78, 5) is 10.7. The molecule has 0 saturated carbocycles. The van der Waals surface area contributed by atoms with Gasteiger partial charge in [0.05, 0.1) is 0 Å². The quantitative estimate of drug-likeness (QED) is 0.466. The van der Waals surface area contributed by atoms with Crippen LogP contribution in [0.5, 0.6) is 0 Å². The lowest BCUT2D eigenvalue weighted by atomic mass is 10.2. The maximum atomic E-state index is 10.7. The molecule has 2 heteroatoms. The smallest absolute Gasteiger partial charge is 0.267 e. The molecule has 2 nitrogen and oxygen atoms in total. The Bertz CT molecular complexity index is 201. The van der Waals surface area contributed by atoms with Crippen molar-refractivity contribution in [2.75, 3.05) is 0 Å². The third-order valence-corrected chi connectivity index (χ3v) is 1.10. The van der Waals surface area contributed by atoms with Crippen LogP contribution in [0.4, 0.5) is 0 Å². The van der Waals surface area contributed by atoms with Gasteiger partial charge in [-0.05, 0) is 19.9 Å². The van der Waals surface area contributed by atoms with Gasteiger partial charge in [0.1, 0.15) is 0 Å². The predicted octanol–water partition coefficient (Wildman–Crippen LogP) is 0.784. The number of rotatable bonds is 0. The molecule has 0 atom stereocenters. The summed E-state index contributed by atoms with van der Waals surface area (Å²) in [6.45, 7) is 3.48. The molecule has 9 heavy (non-hydrogen) atoms. The van der Waals surface area contributed by atoms with Crippen molar-refractivity contribution in [3.05, 3.63) is 23.4 Å². The fraction of sp³-hybridized carbons (Fsp3) is 0.286. The third kappa shape index (κ3) is 1.19. The first-order valence-electron chi connectivity index (χ1n) is 2.73. The van der Waals surface area contributed by atoms with Crippen LogP contribution in [0, 0.1) is 6.08 Å². The summed E-state index contributed by atoms with van der Waals surface area (Å²) in [5, 5.41) is 3.66. The lowest BCUT2D eigenvalue weighted by Crippen LogP contribution is -2.17. The summed E-state index contributed by atoms with van der Waals surface area (Å²) in [6, 6.07) is 0. The molecule has 0 saturated heterocycles. The molecule has 0 aromatic carbocycles. The molecule has 0 N–H and O–H groups in total. The number of carbonyl (C=O) groups is 1. The van der Waals surface area contributed by atoms with Gasteiger partial charge in [0.2, 0.25) is 0 Å². The van der Waals surface area contributed by atoms with E-state index in [9.17, 15) is 4.79 Å². The fourth-order valence-electron chi connectivity index (χ4n) is 0.547. The Balaban J connectivity index is 2.86. The highest BCUT2D eigenvalue weighted by Crippen LogP contribution is 2.03. The first-order valence-corrected chi connectivity index (χ1v) is 2.73. The standard InChI is InChI=1S/C7H7NO/c1-5-3-4-6(2)8-7(5)9/h3H,1-2H3. The molecule has 0 unspecified atom stereocenters. The number of nitrogens with zero attached hydrogens (tertiary/aromatic N) is 1. The van der Waals surface area contributed by atoms with Crippen LogP contribution in [0.25, 0.3) is 0 Å². The van der Waals surface area contributed by atoms with Crippen molar-refractivity contribution in [3.63, 3.8) is 0 Å². The second-order valence-corrected chi connectivity index (χ2v) is 1.97. The van der Waals surface area contributed by atoms with Crippen LogP contribution in [0.15, 0.2) is 17.3 Å². The number of allylic oxidation sites excluding steroid dienone is 3. The van der Waals surface area contributed by atoms with Crippen molar-refractivity contribution in [1.82, 2.24) is 5.32 Å². The average molecular weight is 121 g/mol. The normalized spacial score (nSPS) is 18.2. The number of hydrogen-bond donors (Lipinski definition) is 0. The molecule has 0 bridgehead atoms. The van der Waals surface area contributed by atoms with E-state index in [4.69, 9.17) is 0 Å². The van der Waals surface area contributed by atoms with Gasteiger partial charge in [0.15, 0.2) is 0 Å².